The summed E-state index contributed by atoms with van der Waals surface area (Å²) < 4.78 is 7.46. The van der Waals surface area contributed by atoms with Crippen LogP contribution in [-0.4, -0.2) is 16.7 Å². The van der Waals surface area contributed by atoms with E-state index in [4.69, 9.17) is 9.72 Å². The lowest BCUT2D eigenvalue weighted by Gasteiger charge is -2.04. The first kappa shape index (κ1) is 14.4. The van der Waals surface area contributed by atoms with E-state index in [2.05, 4.69) is 41.8 Å². The van der Waals surface area contributed by atoms with Crippen molar-refractivity contribution in [3.63, 3.8) is 0 Å². The van der Waals surface area contributed by atoms with Crippen LogP contribution in [0.15, 0.2) is 48.5 Å². The van der Waals surface area contributed by atoms with Crippen LogP contribution in [0.25, 0.3) is 23.2 Å². The molecule has 0 amide bonds. The maximum absolute atomic E-state index is 5.18. The summed E-state index contributed by atoms with van der Waals surface area (Å²) >= 11 is 0. The number of nitrogens with zero attached hydrogens (tertiary/aromatic N) is 2. The molecule has 0 bridgehead atoms. The molecule has 0 spiro atoms. The number of fused-ring (bicyclic) bond motifs is 1. The highest BCUT2D eigenvalue weighted by molar-refractivity contribution is 5.79. The summed E-state index contributed by atoms with van der Waals surface area (Å²) in [6, 6.07) is 16.3. The van der Waals surface area contributed by atoms with Gasteiger partial charge in [-0.15, -0.1) is 0 Å². The maximum atomic E-state index is 5.18. The molecular formula is C19H20N2O. The van der Waals surface area contributed by atoms with Gasteiger partial charge in [0.2, 0.25) is 0 Å². The summed E-state index contributed by atoms with van der Waals surface area (Å²) in [6.07, 6.45) is 5.26. The fourth-order valence-corrected chi connectivity index (χ4v) is 2.57. The molecule has 22 heavy (non-hydrogen) atoms. The van der Waals surface area contributed by atoms with Gasteiger partial charge in [0, 0.05) is 6.54 Å². The quantitative estimate of drug-likeness (QED) is 0.686. The number of ether oxygens (including phenoxy) is 1. The fraction of sp³-hybridized carbons (Fsp3) is 0.211. The van der Waals surface area contributed by atoms with Gasteiger partial charge in [-0.1, -0.05) is 37.3 Å². The third-order valence-corrected chi connectivity index (χ3v) is 3.67. The van der Waals surface area contributed by atoms with Crippen molar-refractivity contribution in [2.24, 2.45) is 0 Å². The van der Waals surface area contributed by atoms with Crippen molar-refractivity contribution < 1.29 is 4.74 Å². The fourth-order valence-electron chi connectivity index (χ4n) is 2.57. The zero-order valence-corrected chi connectivity index (χ0v) is 13.0. The highest BCUT2D eigenvalue weighted by Gasteiger charge is 2.06. The topological polar surface area (TPSA) is 27.1 Å². The van der Waals surface area contributed by atoms with Crippen LogP contribution in [0, 0.1) is 0 Å². The van der Waals surface area contributed by atoms with Crippen LogP contribution in [-0.2, 0) is 6.54 Å². The van der Waals surface area contributed by atoms with Gasteiger partial charge in [-0.25, -0.2) is 4.98 Å². The smallest absolute Gasteiger partial charge is 0.133 e. The number of hydrogen-bond donors (Lipinski definition) is 0. The number of rotatable bonds is 5. The van der Waals surface area contributed by atoms with Gasteiger partial charge in [0.25, 0.3) is 0 Å². The number of methoxy groups -OCH3 is 1. The van der Waals surface area contributed by atoms with Crippen molar-refractivity contribution in [2.75, 3.05) is 7.11 Å². The Balaban J connectivity index is 1.94. The Morgan fingerprint density at radius 3 is 2.55 bits per heavy atom. The molecule has 3 heteroatoms. The van der Waals surface area contributed by atoms with Gasteiger partial charge in [0.15, 0.2) is 0 Å². The molecule has 0 radical (unpaired) electrons. The zero-order valence-electron chi connectivity index (χ0n) is 13.0. The first-order valence-corrected chi connectivity index (χ1v) is 7.59. The Morgan fingerprint density at radius 2 is 1.82 bits per heavy atom. The summed E-state index contributed by atoms with van der Waals surface area (Å²) in [7, 11) is 1.68. The summed E-state index contributed by atoms with van der Waals surface area (Å²) in [5, 5.41) is 0. The largest absolute Gasteiger partial charge is 0.497 e. The molecular weight excluding hydrogens is 272 g/mol. The Labute approximate surface area is 130 Å². The van der Waals surface area contributed by atoms with Crippen molar-refractivity contribution in [3.8, 4) is 5.75 Å². The summed E-state index contributed by atoms with van der Waals surface area (Å²) in [5.41, 5.74) is 3.37. The molecule has 0 aliphatic rings. The molecule has 3 nitrogen and oxygen atoms in total. The zero-order chi connectivity index (χ0) is 15.4. The van der Waals surface area contributed by atoms with Crippen LogP contribution >= 0.6 is 0 Å². The molecule has 0 unspecified atom stereocenters. The van der Waals surface area contributed by atoms with E-state index >= 15 is 0 Å². The Hall–Kier alpha value is -2.55. The molecule has 0 aliphatic heterocycles. The minimum Gasteiger partial charge on any atom is -0.497 e. The number of para-hydroxylation sites is 2. The van der Waals surface area contributed by atoms with Crippen molar-refractivity contribution in [3.05, 3.63) is 59.9 Å². The lowest BCUT2D eigenvalue weighted by molar-refractivity contribution is 0.415. The number of imidazole rings is 1. The molecule has 0 atom stereocenters. The first-order chi connectivity index (χ1) is 10.8. The molecule has 1 heterocycles. The third-order valence-electron chi connectivity index (χ3n) is 3.67. The summed E-state index contributed by atoms with van der Waals surface area (Å²) in [6.45, 7) is 3.16. The predicted octanol–water partition coefficient (Wildman–Crippen LogP) is 4.63. The van der Waals surface area contributed by atoms with Crippen LogP contribution in [0.4, 0.5) is 0 Å². The number of aryl methyl sites for hydroxylation is 1. The van der Waals surface area contributed by atoms with Crippen LogP contribution in [0.3, 0.4) is 0 Å². The van der Waals surface area contributed by atoms with Crippen LogP contribution in [0.2, 0.25) is 0 Å². The van der Waals surface area contributed by atoms with Gasteiger partial charge in [-0.2, -0.15) is 0 Å². The molecule has 112 valence electrons. The Morgan fingerprint density at radius 1 is 1.05 bits per heavy atom. The SMILES string of the molecule is CCCn1c(C=Cc2ccc(OC)cc2)nc2ccccc21. The maximum Gasteiger partial charge on any atom is 0.133 e. The van der Waals surface area contributed by atoms with Crippen LogP contribution < -0.4 is 4.74 Å². The van der Waals surface area contributed by atoms with E-state index in [0.29, 0.717) is 0 Å². The predicted molar refractivity (Wildman–Crippen MR) is 91.9 cm³/mol. The van der Waals surface area contributed by atoms with Gasteiger partial charge in [0.05, 0.1) is 18.1 Å². The van der Waals surface area contributed by atoms with Crippen molar-refractivity contribution in [1.29, 1.82) is 0 Å². The minimum atomic E-state index is 0.871. The van der Waals surface area contributed by atoms with Gasteiger partial charge in [0.1, 0.15) is 11.6 Å². The number of aromatic nitrogens is 2. The summed E-state index contributed by atoms with van der Waals surface area (Å²) in [4.78, 5) is 4.73. The van der Waals surface area contributed by atoms with E-state index < -0.39 is 0 Å². The highest BCUT2D eigenvalue weighted by atomic mass is 16.5. The molecule has 0 saturated heterocycles. The molecule has 0 saturated carbocycles. The molecule has 0 aliphatic carbocycles. The van der Waals surface area contributed by atoms with Gasteiger partial charge in [-0.05, 0) is 42.3 Å². The molecule has 2 aromatic carbocycles. The van der Waals surface area contributed by atoms with Gasteiger partial charge >= 0.3 is 0 Å². The Kier molecular flexibility index (Phi) is 4.24. The van der Waals surface area contributed by atoms with Crippen molar-refractivity contribution in [1.82, 2.24) is 9.55 Å². The minimum absolute atomic E-state index is 0.871. The monoisotopic (exact) mass is 292 g/mol. The molecule has 0 N–H and O–H groups in total. The number of benzene rings is 2. The lowest BCUT2D eigenvalue weighted by atomic mass is 10.2. The summed E-state index contributed by atoms with van der Waals surface area (Å²) in [5.74, 6) is 1.87. The average Bonchev–Trinajstić information content (AvgIpc) is 2.92. The van der Waals surface area contributed by atoms with Crippen LogP contribution in [0.5, 0.6) is 5.75 Å². The second kappa shape index (κ2) is 6.48. The molecule has 0 fully saturated rings. The molecule has 3 rings (SSSR count). The van der Waals surface area contributed by atoms with Gasteiger partial charge in [-0.3, -0.25) is 0 Å². The number of hydrogen-bond acceptors (Lipinski definition) is 2. The molecule has 3 aromatic rings. The normalized spacial score (nSPS) is 11.4. The standard InChI is InChI=1S/C19H20N2O/c1-3-14-21-18-7-5-4-6-17(18)20-19(21)13-10-15-8-11-16(22-2)12-9-15/h4-13H,3,14H2,1-2H3. The third kappa shape index (κ3) is 2.89. The van der Waals surface area contributed by atoms with E-state index in [9.17, 15) is 0 Å². The average molecular weight is 292 g/mol. The second-order valence-electron chi connectivity index (χ2n) is 5.22. The van der Waals surface area contributed by atoms with Gasteiger partial charge < -0.3 is 9.30 Å². The van der Waals surface area contributed by atoms with Crippen molar-refractivity contribution in [2.45, 2.75) is 19.9 Å². The van der Waals surface area contributed by atoms with Crippen LogP contribution in [0.1, 0.15) is 24.7 Å². The second-order valence-corrected chi connectivity index (χ2v) is 5.22. The molecule has 1 aromatic heterocycles. The first-order valence-electron chi connectivity index (χ1n) is 7.59. The van der Waals surface area contributed by atoms with E-state index in [1.54, 1.807) is 7.11 Å². The van der Waals surface area contributed by atoms with E-state index in [-0.39, 0.29) is 0 Å². The Bertz CT molecular complexity index is 785. The van der Waals surface area contributed by atoms with Crippen molar-refractivity contribution >= 4 is 23.2 Å². The van der Waals surface area contributed by atoms with E-state index in [0.717, 1.165) is 35.6 Å². The highest BCUT2D eigenvalue weighted by Crippen LogP contribution is 2.19. The van der Waals surface area contributed by atoms with E-state index in [1.807, 2.05) is 30.3 Å². The van der Waals surface area contributed by atoms with E-state index in [1.165, 1.54) is 5.52 Å². The lowest BCUT2D eigenvalue weighted by Crippen LogP contribution is -1.99.